The molecule has 1 N–H and O–H groups in total. The lowest BCUT2D eigenvalue weighted by molar-refractivity contribution is -0.121. The van der Waals surface area contributed by atoms with E-state index in [0.29, 0.717) is 18.9 Å². The summed E-state index contributed by atoms with van der Waals surface area (Å²) in [7, 11) is 4.64. The molecule has 2 amide bonds. The van der Waals surface area contributed by atoms with Crippen LogP contribution in [0.5, 0.6) is 5.75 Å². The molecule has 0 spiro atoms. The summed E-state index contributed by atoms with van der Waals surface area (Å²) >= 11 is 0. The summed E-state index contributed by atoms with van der Waals surface area (Å²) in [5.74, 6) is -0.270. The number of methoxy groups -OCH3 is 2. The van der Waals surface area contributed by atoms with E-state index in [1.807, 2.05) is 30.3 Å². The highest BCUT2D eigenvalue weighted by Gasteiger charge is 2.23. The number of hydrogen-bond acceptors (Lipinski definition) is 5. The lowest BCUT2D eigenvalue weighted by Crippen LogP contribution is -2.39. The van der Waals surface area contributed by atoms with Gasteiger partial charge in [-0.05, 0) is 18.6 Å². The molecule has 140 valence electrons. The Labute approximate surface area is 152 Å². The Morgan fingerprint density at radius 3 is 2.62 bits per heavy atom. The van der Waals surface area contributed by atoms with Crippen molar-refractivity contribution in [3.63, 3.8) is 0 Å². The lowest BCUT2D eigenvalue weighted by atomic mass is 10.3. The van der Waals surface area contributed by atoms with E-state index < -0.39 is 0 Å². The minimum atomic E-state index is -0.386. The predicted molar refractivity (Wildman–Crippen MR) is 96.6 cm³/mol. The van der Waals surface area contributed by atoms with E-state index in [2.05, 4.69) is 10.4 Å². The van der Waals surface area contributed by atoms with Crippen LogP contribution in [-0.4, -0.2) is 67.5 Å². The van der Waals surface area contributed by atoms with Crippen molar-refractivity contribution in [2.24, 2.45) is 0 Å². The van der Waals surface area contributed by atoms with Crippen LogP contribution in [0.4, 0.5) is 0 Å². The summed E-state index contributed by atoms with van der Waals surface area (Å²) in [6.45, 7) is 1.01. The third-order valence-electron chi connectivity index (χ3n) is 3.70. The zero-order chi connectivity index (χ0) is 18.9. The number of carbonyl (C=O) groups excluding carboxylic acids is 2. The number of likely N-dealkylation sites (N-methyl/N-ethyl adjacent to an activating group) is 1. The number of nitrogens with zero attached hydrogens (tertiary/aromatic N) is 3. The number of aromatic nitrogens is 2. The molecule has 26 heavy (non-hydrogen) atoms. The molecule has 8 nitrogen and oxygen atoms in total. The van der Waals surface area contributed by atoms with Gasteiger partial charge in [-0.25, -0.2) is 4.68 Å². The molecule has 0 aliphatic carbocycles. The summed E-state index contributed by atoms with van der Waals surface area (Å²) in [5, 5.41) is 7.06. The minimum absolute atomic E-state index is 0.0623. The molecule has 1 aromatic heterocycles. The molecule has 1 heterocycles. The standard InChI is InChI=1S/C18H24N4O4/c1-21(13-16(23)19-10-7-11-25-2)18(24)17-15(26-3)12-22(20-17)14-8-5-4-6-9-14/h4-6,8-9,12H,7,10-11,13H2,1-3H3,(H,19,23). The van der Waals surface area contributed by atoms with Crippen molar-refractivity contribution < 1.29 is 19.1 Å². The third-order valence-corrected chi connectivity index (χ3v) is 3.70. The van der Waals surface area contributed by atoms with Gasteiger partial charge in [-0.2, -0.15) is 5.10 Å². The quantitative estimate of drug-likeness (QED) is 0.677. The zero-order valence-electron chi connectivity index (χ0n) is 15.3. The third kappa shape index (κ3) is 5.06. The normalized spacial score (nSPS) is 10.4. The van der Waals surface area contributed by atoms with Crippen LogP contribution in [-0.2, 0) is 9.53 Å². The maximum Gasteiger partial charge on any atom is 0.278 e. The monoisotopic (exact) mass is 360 g/mol. The summed E-state index contributed by atoms with van der Waals surface area (Å²) < 4.78 is 11.8. The Hall–Kier alpha value is -2.87. The molecule has 0 bridgehead atoms. The maximum absolute atomic E-state index is 12.7. The first kappa shape index (κ1) is 19.5. The molecule has 2 aromatic rings. The van der Waals surface area contributed by atoms with Gasteiger partial charge in [0.25, 0.3) is 5.91 Å². The van der Waals surface area contributed by atoms with Crippen molar-refractivity contribution in [1.82, 2.24) is 20.0 Å². The molecule has 0 atom stereocenters. The van der Waals surface area contributed by atoms with E-state index in [0.717, 1.165) is 12.1 Å². The van der Waals surface area contributed by atoms with Crippen LogP contribution in [0.25, 0.3) is 5.69 Å². The first-order valence-corrected chi connectivity index (χ1v) is 8.27. The Kier molecular flexibility index (Phi) is 7.16. The van der Waals surface area contributed by atoms with Crippen LogP contribution in [0.3, 0.4) is 0 Å². The predicted octanol–water partition coefficient (Wildman–Crippen LogP) is 1.11. The van der Waals surface area contributed by atoms with Crippen molar-refractivity contribution in [3.8, 4) is 11.4 Å². The van der Waals surface area contributed by atoms with Crippen LogP contribution in [0.2, 0.25) is 0 Å². The molecule has 0 unspecified atom stereocenters. The van der Waals surface area contributed by atoms with Crippen molar-refractivity contribution in [3.05, 3.63) is 42.2 Å². The smallest absolute Gasteiger partial charge is 0.278 e. The van der Waals surface area contributed by atoms with Crippen LogP contribution in [0.1, 0.15) is 16.9 Å². The number of carbonyl (C=O) groups is 2. The van der Waals surface area contributed by atoms with E-state index in [9.17, 15) is 9.59 Å². The van der Waals surface area contributed by atoms with Gasteiger partial charge in [-0.3, -0.25) is 9.59 Å². The van der Waals surface area contributed by atoms with E-state index in [1.165, 1.54) is 12.0 Å². The van der Waals surface area contributed by atoms with E-state index in [-0.39, 0.29) is 24.1 Å². The second-order valence-corrected chi connectivity index (χ2v) is 5.68. The fourth-order valence-corrected chi connectivity index (χ4v) is 2.34. The molecule has 0 radical (unpaired) electrons. The van der Waals surface area contributed by atoms with Crippen molar-refractivity contribution >= 4 is 11.8 Å². The number of rotatable bonds is 9. The summed E-state index contributed by atoms with van der Waals surface area (Å²) in [6, 6.07) is 9.40. The highest BCUT2D eigenvalue weighted by atomic mass is 16.5. The van der Waals surface area contributed by atoms with Crippen LogP contribution < -0.4 is 10.1 Å². The van der Waals surface area contributed by atoms with Gasteiger partial charge in [0.05, 0.1) is 25.5 Å². The molecule has 1 aromatic carbocycles. The first-order chi connectivity index (χ1) is 12.6. The summed E-state index contributed by atoms with van der Waals surface area (Å²) in [6.07, 6.45) is 2.36. The average molecular weight is 360 g/mol. The zero-order valence-corrected chi connectivity index (χ0v) is 15.3. The van der Waals surface area contributed by atoms with Gasteiger partial charge in [-0.15, -0.1) is 0 Å². The number of para-hydroxylation sites is 1. The summed E-state index contributed by atoms with van der Waals surface area (Å²) in [5.41, 5.74) is 0.967. The molecule has 0 aliphatic rings. The van der Waals surface area contributed by atoms with E-state index >= 15 is 0 Å². The highest BCUT2D eigenvalue weighted by Crippen LogP contribution is 2.20. The van der Waals surface area contributed by atoms with E-state index in [4.69, 9.17) is 9.47 Å². The van der Waals surface area contributed by atoms with E-state index in [1.54, 1.807) is 25.0 Å². The van der Waals surface area contributed by atoms with Gasteiger partial charge in [0.1, 0.15) is 0 Å². The Morgan fingerprint density at radius 1 is 1.23 bits per heavy atom. The fraction of sp³-hybridized carbons (Fsp3) is 0.389. The van der Waals surface area contributed by atoms with Crippen LogP contribution in [0, 0.1) is 0 Å². The minimum Gasteiger partial charge on any atom is -0.493 e. The van der Waals surface area contributed by atoms with Gasteiger partial charge in [0, 0.05) is 27.3 Å². The molecule has 0 saturated carbocycles. The number of benzene rings is 1. The SMILES string of the molecule is COCCCNC(=O)CN(C)C(=O)c1nn(-c2ccccc2)cc1OC. The first-order valence-electron chi connectivity index (χ1n) is 8.27. The second kappa shape index (κ2) is 9.57. The van der Waals surface area contributed by atoms with Gasteiger partial charge in [0.15, 0.2) is 11.4 Å². The molecule has 2 rings (SSSR count). The number of amides is 2. The van der Waals surface area contributed by atoms with Gasteiger partial charge >= 0.3 is 0 Å². The second-order valence-electron chi connectivity index (χ2n) is 5.68. The maximum atomic E-state index is 12.7. The molecule has 0 saturated heterocycles. The number of nitrogens with one attached hydrogen (secondary N) is 1. The van der Waals surface area contributed by atoms with Crippen molar-refractivity contribution in [2.75, 3.05) is 41.0 Å². The number of ether oxygens (including phenoxy) is 2. The van der Waals surface area contributed by atoms with Gasteiger partial charge in [-0.1, -0.05) is 18.2 Å². The summed E-state index contributed by atoms with van der Waals surface area (Å²) in [4.78, 5) is 25.9. The molecule has 8 heteroatoms. The molecule has 0 fully saturated rings. The fourth-order valence-electron chi connectivity index (χ4n) is 2.34. The Balaban J connectivity index is 2.04. The number of hydrogen-bond donors (Lipinski definition) is 1. The largest absolute Gasteiger partial charge is 0.493 e. The highest BCUT2D eigenvalue weighted by molar-refractivity contribution is 5.97. The molecular formula is C18H24N4O4. The topological polar surface area (TPSA) is 85.7 Å². The van der Waals surface area contributed by atoms with Crippen LogP contribution >= 0.6 is 0 Å². The van der Waals surface area contributed by atoms with Crippen LogP contribution in [0.15, 0.2) is 36.5 Å². The van der Waals surface area contributed by atoms with Crippen molar-refractivity contribution in [2.45, 2.75) is 6.42 Å². The Bertz CT molecular complexity index is 730. The van der Waals surface area contributed by atoms with Crippen molar-refractivity contribution in [1.29, 1.82) is 0 Å². The Morgan fingerprint density at radius 2 is 1.96 bits per heavy atom. The lowest BCUT2D eigenvalue weighted by Gasteiger charge is -2.16. The average Bonchev–Trinajstić information content (AvgIpc) is 3.09. The van der Waals surface area contributed by atoms with Gasteiger partial charge < -0.3 is 19.7 Å². The van der Waals surface area contributed by atoms with Gasteiger partial charge in [0.2, 0.25) is 5.91 Å². The molecular weight excluding hydrogens is 336 g/mol. The molecule has 0 aliphatic heterocycles.